The number of aldehydes is 2. The standard InChI is InChI=1S/C12H20O12/c13-1-4(16)7(18)9(20)6(3-15)24-12(23)11(22)10(21)8(19)5(17)2-14/h2-11,13,16-22H,1H2/t4-,5+,6+,7-,8-,9-,10+,11+/m1/s1. The van der Waals surface area contributed by atoms with Gasteiger partial charge < -0.3 is 50.4 Å². The molecule has 8 N–H and O–H groups in total. The van der Waals surface area contributed by atoms with Crippen LogP contribution in [0.2, 0.25) is 0 Å². The van der Waals surface area contributed by atoms with E-state index in [0.29, 0.717) is 0 Å². The Balaban J connectivity index is 4.91. The summed E-state index contributed by atoms with van der Waals surface area (Å²) in [5, 5.41) is 73.9. The second-order valence-corrected chi connectivity index (χ2v) is 4.82. The summed E-state index contributed by atoms with van der Waals surface area (Å²) in [5.74, 6) is -1.73. The van der Waals surface area contributed by atoms with Crippen molar-refractivity contribution in [3.63, 3.8) is 0 Å². The van der Waals surface area contributed by atoms with Gasteiger partial charge in [-0.1, -0.05) is 0 Å². The number of esters is 1. The average molecular weight is 356 g/mol. The lowest BCUT2D eigenvalue weighted by atomic mass is 10.0. The van der Waals surface area contributed by atoms with E-state index >= 15 is 0 Å². The molecule has 0 aliphatic rings. The maximum Gasteiger partial charge on any atom is 0.338 e. The molecule has 24 heavy (non-hydrogen) atoms. The van der Waals surface area contributed by atoms with Crippen LogP contribution >= 0.6 is 0 Å². The van der Waals surface area contributed by atoms with Crippen LogP contribution in [0.1, 0.15) is 0 Å². The summed E-state index contributed by atoms with van der Waals surface area (Å²) in [4.78, 5) is 32.6. The summed E-state index contributed by atoms with van der Waals surface area (Å²) in [5.41, 5.74) is 0. The van der Waals surface area contributed by atoms with Crippen LogP contribution in [0.5, 0.6) is 0 Å². The smallest absolute Gasteiger partial charge is 0.338 e. The van der Waals surface area contributed by atoms with Crippen molar-refractivity contribution < 1.29 is 60.0 Å². The second-order valence-electron chi connectivity index (χ2n) is 4.82. The van der Waals surface area contributed by atoms with Gasteiger partial charge in [-0.2, -0.15) is 0 Å². The molecule has 140 valence electrons. The van der Waals surface area contributed by atoms with Crippen LogP contribution in [0, 0.1) is 0 Å². The zero-order valence-corrected chi connectivity index (χ0v) is 12.2. The van der Waals surface area contributed by atoms with Gasteiger partial charge in [0.25, 0.3) is 0 Å². The summed E-state index contributed by atoms with van der Waals surface area (Å²) in [7, 11) is 0. The number of carbonyl (C=O) groups excluding carboxylic acids is 3. The molecule has 0 spiro atoms. The molecule has 0 fully saturated rings. The molecule has 0 aliphatic carbocycles. The van der Waals surface area contributed by atoms with Gasteiger partial charge >= 0.3 is 5.97 Å². The lowest BCUT2D eigenvalue weighted by Gasteiger charge is -2.27. The van der Waals surface area contributed by atoms with Crippen molar-refractivity contribution in [1.29, 1.82) is 0 Å². The first-order chi connectivity index (χ1) is 11.1. The normalized spacial score (nSPS) is 21.5. The molecule has 0 radical (unpaired) electrons. The van der Waals surface area contributed by atoms with E-state index in [9.17, 15) is 39.9 Å². The van der Waals surface area contributed by atoms with Crippen LogP contribution in [0.4, 0.5) is 0 Å². The SMILES string of the molecule is O=C[C@H](OC(=O)[C@@H](O)[C@@H](O)[C@H](O)[C@@H](O)C=O)[C@@H](O)[C@H](O)[C@H](O)CO. The van der Waals surface area contributed by atoms with Crippen LogP contribution in [0.3, 0.4) is 0 Å². The van der Waals surface area contributed by atoms with Gasteiger partial charge in [0.2, 0.25) is 0 Å². The molecule has 12 heteroatoms. The number of hydrogen-bond acceptors (Lipinski definition) is 12. The third-order valence-corrected chi connectivity index (χ3v) is 3.06. The minimum atomic E-state index is -2.51. The maximum atomic E-state index is 11.6. The number of aliphatic hydroxyl groups is 8. The summed E-state index contributed by atoms with van der Waals surface area (Å²) >= 11 is 0. The van der Waals surface area contributed by atoms with E-state index in [1.165, 1.54) is 0 Å². The third kappa shape index (κ3) is 5.85. The largest absolute Gasteiger partial charge is 0.450 e. The van der Waals surface area contributed by atoms with Gasteiger partial charge in [0, 0.05) is 0 Å². The minimum Gasteiger partial charge on any atom is -0.450 e. The highest BCUT2D eigenvalue weighted by Gasteiger charge is 2.39. The van der Waals surface area contributed by atoms with E-state index in [-0.39, 0.29) is 12.6 Å². The summed E-state index contributed by atoms with van der Waals surface area (Å²) in [6.07, 6.45) is -17.8. The predicted molar refractivity (Wildman–Crippen MR) is 71.1 cm³/mol. The molecule has 12 nitrogen and oxygen atoms in total. The van der Waals surface area contributed by atoms with Crippen LogP contribution in [0.25, 0.3) is 0 Å². The van der Waals surface area contributed by atoms with Crippen molar-refractivity contribution in [3.8, 4) is 0 Å². The molecule has 0 saturated heterocycles. The van der Waals surface area contributed by atoms with Gasteiger partial charge in [-0.15, -0.1) is 0 Å². The van der Waals surface area contributed by atoms with Gasteiger partial charge in [0.15, 0.2) is 24.8 Å². The van der Waals surface area contributed by atoms with Crippen molar-refractivity contribution in [2.75, 3.05) is 6.61 Å². The summed E-state index contributed by atoms with van der Waals surface area (Å²) in [6.45, 7) is -0.977. The number of rotatable bonds is 11. The molecule has 0 aromatic rings. The van der Waals surface area contributed by atoms with Crippen molar-refractivity contribution >= 4 is 18.5 Å². The molecule has 0 heterocycles. The number of ether oxygens (including phenoxy) is 1. The molecule has 0 bridgehead atoms. The quantitative estimate of drug-likeness (QED) is 0.128. The molecule has 0 aliphatic heterocycles. The van der Waals surface area contributed by atoms with E-state index in [0.717, 1.165) is 0 Å². The highest BCUT2D eigenvalue weighted by molar-refractivity contribution is 5.77. The highest BCUT2D eigenvalue weighted by Crippen LogP contribution is 2.11. The Labute approximate surface area is 135 Å². The fourth-order valence-corrected chi connectivity index (χ4v) is 1.52. The topological polar surface area (TPSA) is 222 Å². The third-order valence-electron chi connectivity index (χ3n) is 3.06. The van der Waals surface area contributed by atoms with E-state index in [2.05, 4.69) is 4.74 Å². The van der Waals surface area contributed by atoms with E-state index in [4.69, 9.17) is 15.3 Å². The van der Waals surface area contributed by atoms with Crippen molar-refractivity contribution in [1.82, 2.24) is 0 Å². The van der Waals surface area contributed by atoms with Gasteiger partial charge in [-0.25, -0.2) is 4.79 Å². The number of hydrogen-bond donors (Lipinski definition) is 8. The molecular formula is C12H20O12. The van der Waals surface area contributed by atoms with Gasteiger partial charge in [-0.05, 0) is 0 Å². The lowest BCUT2D eigenvalue weighted by molar-refractivity contribution is -0.185. The van der Waals surface area contributed by atoms with E-state index in [1.807, 2.05) is 0 Å². The second kappa shape index (κ2) is 10.4. The number of aliphatic hydroxyl groups excluding tert-OH is 8. The van der Waals surface area contributed by atoms with Crippen molar-refractivity contribution in [3.05, 3.63) is 0 Å². The maximum absolute atomic E-state index is 11.6. The highest BCUT2D eigenvalue weighted by atomic mass is 16.6. The Morgan fingerprint density at radius 2 is 1.38 bits per heavy atom. The number of carbonyl (C=O) groups is 3. The Kier molecular flexibility index (Phi) is 9.72. The van der Waals surface area contributed by atoms with Crippen LogP contribution in [-0.2, 0) is 19.1 Å². The molecule has 0 aromatic carbocycles. The van der Waals surface area contributed by atoms with Crippen LogP contribution < -0.4 is 0 Å². The zero-order chi connectivity index (χ0) is 19.0. The summed E-state index contributed by atoms with van der Waals surface area (Å²) < 4.78 is 4.32. The fourth-order valence-electron chi connectivity index (χ4n) is 1.52. The zero-order valence-electron chi connectivity index (χ0n) is 12.2. The molecule has 8 atom stereocenters. The van der Waals surface area contributed by atoms with Gasteiger partial charge in [0.1, 0.15) is 36.6 Å². The molecule has 0 aromatic heterocycles. The minimum absolute atomic E-state index is 0.161. The Morgan fingerprint density at radius 3 is 1.79 bits per heavy atom. The van der Waals surface area contributed by atoms with Gasteiger partial charge in [-0.3, -0.25) is 4.79 Å². The summed E-state index contributed by atoms with van der Waals surface area (Å²) in [6, 6.07) is 0. The lowest BCUT2D eigenvalue weighted by Crippen LogP contribution is -2.52. The molecule has 0 unspecified atom stereocenters. The average Bonchev–Trinajstić information content (AvgIpc) is 2.60. The first-order valence-electron chi connectivity index (χ1n) is 6.60. The first kappa shape index (κ1) is 22.5. The molecule has 0 rings (SSSR count). The Bertz CT molecular complexity index is 415. The molecular weight excluding hydrogens is 336 g/mol. The van der Waals surface area contributed by atoms with Crippen molar-refractivity contribution in [2.45, 2.75) is 48.8 Å². The van der Waals surface area contributed by atoms with Crippen molar-refractivity contribution in [2.24, 2.45) is 0 Å². The van der Waals surface area contributed by atoms with E-state index in [1.54, 1.807) is 0 Å². The Hall–Kier alpha value is -1.51. The molecule has 0 amide bonds. The monoisotopic (exact) mass is 356 g/mol. The van der Waals surface area contributed by atoms with Crippen LogP contribution in [0.15, 0.2) is 0 Å². The van der Waals surface area contributed by atoms with Crippen LogP contribution in [-0.4, -0.2) is 115 Å². The Morgan fingerprint density at radius 1 is 0.833 bits per heavy atom. The fraction of sp³-hybridized carbons (Fsp3) is 0.750. The van der Waals surface area contributed by atoms with Gasteiger partial charge in [0.05, 0.1) is 6.61 Å². The first-order valence-corrected chi connectivity index (χ1v) is 6.60. The molecule has 0 saturated carbocycles. The van der Waals surface area contributed by atoms with E-state index < -0.39 is 61.4 Å². The predicted octanol–water partition coefficient (Wildman–Crippen LogP) is -6.19.